The number of nitrogens with zero attached hydrogens (tertiary/aromatic N) is 1. The van der Waals surface area contributed by atoms with E-state index in [2.05, 4.69) is 15.9 Å². The molecule has 0 radical (unpaired) electrons. The van der Waals surface area contributed by atoms with Gasteiger partial charge in [0.2, 0.25) is 5.91 Å². The van der Waals surface area contributed by atoms with Gasteiger partial charge in [-0.2, -0.15) is 0 Å². The minimum absolute atomic E-state index is 0.0241. The third kappa shape index (κ3) is 4.46. The van der Waals surface area contributed by atoms with E-state index in [1.807, 2.05) is 35.2 Å². The number of nitrogens with one attached hydrogen (secondary N) is 1. The van der Waals surface area contributed by atoms with Gasteiger partial charge in [0.1, 0.15) is 11.8 Å². The van der Waals surface area contributed by atoms with E-state index in [0.717, 1.165) is 29.5 Å². The Hall–Kier alpha value is -1.18. The van der Waals surface area contributed by atoms with Gasteiger partial charge in [-0.1, -0.05) is 28.1 Å². The molecule has 3 rings (SSSR count). The van der Waals surface area contributed by atoms with E-state index in [9.17, 15) is 13.2 Å². The molecule has 7 heteroatoms. The van der Waals surface area contributed by atoms with Gasteiger partial charge in [-0.05, 0) is 23.8 Å². The van der Waals surface area contributed by atoms with Crippen molar-refractivity contribution in [2.75, 3.05) is 37.7 Å². The normalized spacial score (nSPS) is 24.5. The molecule has 0 aromatic heterocycles. The molecule has 1 aromatic rings. The first-order chi connectivity index (χ1) is 11.4. The molecule has 1 atom stereocenters. The summed E-state index contributed by atoms with van der Waals surface area (Å²) in [6.07, 6.45) is 4.21. The van der Waals surface area contributed by atoms with Crippen molar-refractivity contribution in [3.05, 3.63) is 40.4 Å². The lowest BCUT2D eigenvalue weighted by atomic mass is 10.2. The number of quaternary nitrogens is 1. The highest BCUT2D eigenvalue weighted by Gasteiger charge is 2.37. The zero-order valence-corrected chi connectivity index (χ0v) is 15.9. The second-order valence-electron chi connectivity index (χ2n) is 6.47. The Bertz CT molecular complexity index is 723. The van der Waals surface area contributed by atoms with E-state index in [1.165, 1.54) is 4.90 Å². The van der Waals surface area contributed by atoms with Crippen molar-refractivity contribution in [2.24, 2.45) is 0 Å². The van der Waals surface area contributed by atoms with Gasteiger partial charge in [0.05, 0.1) is 31.9 Å². The van der Waals surface area contributed by atoms with Crippen LogP contribution in [0.25, 0.3) is 6.08 Å². The summed E-state index contributed by atoms with van der Waals surface area (Å²) in [6.45, 7) is 3.04. The first kappa shape index (κ1) is 17.6. The Balaban J connectivity index is 1.51. The summed E-state index contributed by atoms with van der Waals surface area (Å²) >= 11 is 3.39. The number of piperazine rings is 1. The maximum absolute atomic E-state index is 12.3. The lowest BCUT2D eigenvalue weighted by Crippen LogP contribution is -3.18. The first-order valence-electron chi connectivity index (χ1n) is 8.20. The maximum Gasteiger partial charge on any atom is 0.246 e. The lowest BCUT2D eigenvalue weighted by Gasteiger charge is -2.34. The molecule has 24 heavy (non-hydrogen) atoms. The summed E-state index contributed by atoms with van der Waals surface area (Å²) in [5, 5.41) is 0. The average Bonchev–Trinajstić information content (AvgIpc) is 2.94. The minimum atomic E-state index is -2.83. The molecule has 0 bridgehead atoms. The summed E-state index contributed by atoms with van der Waals surface area (Å²) in [5.74, 6) is 0.649. The van der Waals surface area contributed by atoms with Gasteiger partial charge in [0.25, 0.3) is 0 Å². The maximum atomic E-state index is 12.3. The second kappa shape index (κ2) is 7.37. The van der Waals surface area contributed by atoms with Crippen LogP contribution in [0.1, 0.15) is 12.0 Å². The van der Waals surface area contributed by atoms with Crippen LogP contribution >= 0.6 is 15.9 Å². The van der Waals surface area contributed by atoms with Crippen molar-refractivity contribution in [3.63, 3.8) is 0 Å². The highest BCUT2D eigenvalue weighted by Crippen LogP contribution is 2.12. The predicted molar refractivity (Wildman–Crippen MR) is 97.5 cm³/mol. The third-order valence-corrected chi connectivity index (χ3v) is 7.11. The number of amides is 1. The van der Waals surface area contributed by atoms with E-state index < -0.39 is 9.84 Å². The standard InChI is InChI=1S/C17H21BrN2O3S/c18-15-4-1-14(2-5-15)3-6-17(21)20-10-8-19(9-11-20)16-7-12-24(22,23)13-16/h1-6,16H,7-13H2/p+1/b6-3+/t16-/m0/s1. The van der Waals surface area contributed by atoms with E-state index in [4.69, 9.17) is 0 Å². The monoisotopic (exact) mass is 413 g/mol. The number of carbonyl (C=O) groups is 1. The van der Waals surface area contributed by atoms with Gasteiger partial charge in [0.15, 0.2) is 9.84 Å². The fourth-order valence-corrected chi connectivity index (χ4v) is 5.48. The molecular weight excluding hydrogens is 392 g/mol. The summed E-state index contributed by atoms with van der Waals surface area (Å²) in [4.78, 5) is 15.5. The van der Waals surface area contributed by atoms with Crippen LogP contribution in [0.2, 0.25) is 0 Å². The summed E-state index contributed by atoms with van der Waals surface area (Å²) in [5.41, 5.74) is 0.993. The molecule has 1 amide bonds. The molecule has 130 valence electrons. The van der Waals surface area contributed by atoms with Crippen LogP contribution in [0.5, 0.6) is 0 Å². The van der Waals surface area contributed by atoms with Crippen molar-refractivity contribution in [1.82, 2.24) is 4.90 Å². The highest BCUT2D eigenvalue weighted by atomic mass is 79.9. The van der Waals surface area contributed by atoms with E-state index in [-0.39, 0.29) is 11.9 Å². The Morgan fingerprint density at radius 3 is 2.46 bits per heavy atom. The minimum Gasteiger partial charge on any atom is -0.329 e. The molecule has 2 heterocycles. The zero-order chi connectivity index (χ0) is 17.2. The number of carbonyl (C=O) groups excluding carboxylic acids is 1. The van der Waals surface area contributed by atoms with Crippen LogP contribution in [0.3, 0.4) is 0 Å². The third-order valence-electron chi connectivity index (χ3n) is 4.82. The van der Waals surface area contributed by atoms with Crippen molar-refractivity contribution in [2.45, 2.75) is 12.5 Å². The van der Waals surface area contributed by atoms with Gasteiger partial charge in [-0.25, -0.2) is 8.42 Å². The number of hydrogen-bond acceptors (Lipinski definition) is 3. The fourth-order valence-electron chi connectivity index (χ4n) is 3.39. The number of sulfone groups is 1. The molecule has 2 fully saturated rings. The van der Waals surface area contributed by atoms with Gasteiger partial charge in [0, 0.05) is 17.0 Å². The average molecular weight is 414 g/mol. The zero-order valence-electron chi connectivity index (χ0n) is 13.4. The van der Waals surface area contributed by atoms with Gasteiger partial charge in [-0.15, -0.1) is 0 Å². The Morgan fingerprint density at radius 1 is 1.21 bits per heavy atom. The predicted octanol–water partition coefficient (Wildman–Crippen LogP) is 0.377. The molecule has 0 unspecified atom stereocenters. The van der Waals surface area contributed by atoms with Crippen LogP contribution in [0.4, 0.5) is 0 Å². The van der Waals surface area contributed by atoms with Gasteiger partial charge < -0.3 is 9.80 Å². The topological polar surface area (TPSA) is 58.9 Å². The molecular formula is C17H22BrN2O3S+. The molecule has 2 aliphatic heterocycles. The van der Waals surface area contributed by atoms with E-state index in [0.29, 0.717) is 24.6 Å². The molecule has 2 aliphatic rings. The number of benzene rings is 1. The quantitative estimate of drug-likeness (QED) is 0.728. The van der Waals surface area contributed by atoms with Gasteiger partial charge in [-0.3, -0.25) is 4.79 Å². The van der Waals surface area contributed by atoms with E-state index >= 15 is 0 Å². The second-order valence-corrected chi connectivity index (χ2v) is 9.61. The summed E-state index contributed by atoms with van der Waals surface area (Å²) in [6, 6.07) is 8.02. The van der Waals surface area contributed by atoms with E-state index in [1.54, 1.807) is 6.08 Å². The largest absolute Gasteiger partial charge is 0.329 e. The fraction of sp³-hybridized carbons (Fsp3) is 0.471. The van der Waals surface area contributed by atoms with Crippen molar-refractivity contribution < 1.29 is 18.1 Å². The molecule has 2 saturated heterocycles. The Kier molecular flexibility index (Phi) is 5.42. The van der Waals surface area contributed by atoms with Crippen LogP contribution in [-0.2, 0) is 14.6 Å². The highest BCUT2D eigenvalue weighted by molar-refractivity contribution is 9.10. The number of rotatable bonds is 3. The number of halogens is 1. The molecule has 0 aliphatic carbocycles. The van der Waals surface area contributed by atoms with Crippen molar-refractivity contribution in [3.8, 4) is 0 Å². The Labute approximate surface area is 151 Å². The summed E-state index contributed by atoms with van der Waals surface area (Å²) in [7, 11) is -2.83. The van der Waals surface area contributed by atoms with Crippen LogP contribution in [0, 0.1) is 0 Å². The molecule has 0 spiro atoms. The van der Waals surface area contributed by atoms with Gasteiger partial charge >= 0.3 is 0 Å². The SMILES string of the molecule is O=C(/C=C/c1ccc(Br)cc1)N1CC[NH+]([C@H]2CCS(=O)(=O)C2)CC1. The molecule has 1 N–H and O–H groups in total. The molecule has 1 aromatic carbocycles. The first-order valence-corrected chi connectivity index (χ1v) is 10.8. The smallest absolute Gasteiger partial charge is 0.246 e. The Morgan fingerprint density at radius 2 is 1.88 bits per heavy atom. The summed E-state index contributed by atoms with van der Waals surface area (Å²) < 4.78 is 24.2. The van der Waals surface area contributed by atoms with Crippen molar-refractivity contribution in [1.29, 1.82) is 0 Å². The van der Waals surface area contributed by atoms with Crippen LogP contribution < -0.4 is 4.90 Å². The van der Waals surface area contributed by atoms with Crippen LogP contribution in [-0.4, -0.2) is 63.0 Å². The molecule has 0 saturated carbocycles. The van der Waals surface area contributed by atoms with Crippen molar-refractivity contribution >= 4 is 37.8 Å². The molecule has 5 nitrogen and oxygen atoms in total. The lowest BCUT2D eigenvalue weighted by molar-refractivity contribution is -0.925. The van der Waals surface area contributed by atoms with Crippen LogP contribution in [0.15, 0.2) is 34.8 Å². The number of hydrogen-bond donors (Lipinski definition) is 1.